The molecule has 0 radical (unpaired) electrons. The van der Waals surface area contributed by atoms with E-state index < -0.39 is 47.7 Å². The topological polar surface area (TPSA) is 159 Å². The van der Waals surface area contributed by atoms with E-state index in [0.29, 0.717) is 0 Å². The monoisotopic (exact) mass is 527 g/mol. The molecular weight excluding hydrogens is 490 g/mol. The van der Waals surface area contributed by atoms with Crippen molar-refractivity contribution in [2.45, 2.75) is 37.7 Å². The zero-order valence-corrected chi connectivity index (χ0v) is 21.4. The van der Waals surface area contributed by atoms with Crippen LogP contribution in [0.25, 0.3) is 0 Å². The molecule has 208 valence electrons. The fourth-order valence-electron chi connectivity index (χ4n) is 2.30. The van der Waals surface area contributed by atoms with Crippen LogP contribution in [-0.2, 0) is 52.3 Å². The van der Waals surface area contributed by atoms with Crippen LogP contribution in [0.5, 0.6) is 0 Å². The molecule has 2 N–H and O–H groups in total. The summed E-state index contributed by atoms with van der Waals surface area (Å²) in [6, 6.07) is 0. The predicted octanol–water partition coefficient (Wildman–Crippen LogP) is 0.796. The number of rotatable bonds is 21. The van der Waals surface area contributed by atoms with E-state index in [9.17, 15) is 19.2 Å². The summed E-state index contributed by atoms with van der Waals surface area (Å²) >= 11 is 0. The van der Waals surface area contributed by atoms with Crippen molar-refractivity contribution >= 4 is 23.9 Å². The molecule has 0 aliphatic heterocycles. The number of hydrogen-bond acceptors (Lipinski definition) is 12. The van der Waals surface area contributed by atoms with Gasteiger partial charge in [0.1, 0.15) is 19.3 Å². The van der Waals surface area contributed by atoms with Crippen LogP contribution in [0.3, 0.4) is 0 Å². The molecule has 0 aliphatic carbocycles. The van der Waals surface area contributed by atoms with E-state index in [1.165, 1.54) is 0 Å². The van der Waals surface area contributed by atoms with E-state index in [2.05, 4.69) is 26.3 Å². The van der Waals surface area contributed by atoms with E-state index in [0.717, 1.165) is 24.3 Å². The lowest BCUT2D eigenvalue weighted by atomic mass is 10.1. The quantitative estimate of drug-likeness (QED) is 0.127. The highest BCUT2D eigenvalue weighted by molar-refractivity contribution is 5.82. The van der Waals surface area contributed by atoms with Gasteiger partial charge in [-0.3, -0.25) is 0 Å². The highest BCUT2D eigenvalue weighted by Crippen LogP contribution is 2.06. The molecule has 0 aromatic rings. The van der Waals surface area contributed by atoms with Crippen molar-refractivity contribution in [1.29, 1.82) is 0 Å². The molecule has 0 bridgehead atoms. The van der Waals surface area contributed by atoms with Crippen LogP contribution < -0.4 is 5.73 Å². The summed E-state index contributed by atoms with van der Waals surface area (Å²) in [7, 11) is 0. The van der Waals surface area contributed by atoms with Crippen molar-refractivity contribution in [2.24, 2.45) is 5.73 Å². The second kappa shape index (κ2) is 18.9. The Morgan fingerprint density at radius 2 is 1.05 bits per heavy atom. The van der Waals surface area contributed by atoms with Gasteiger partial charge < -0.3 is 38.9 Å². The van der Waals surface area contributed by atoms with Gasteiger partial charge in [0.25, 0.3) is 0 Å². The maximum absolute atomic E-state index is 11.6. The van der Waals surface area contributed by atoms with Crippen LogP contribution >= 0.6 is 0 Å². The third-order valence-corrected chi connectivity index (χ3v) is 3.96. The molecule has 37 heavy (non-hydrogen) atoms. The molecule has 0 spiro atoms. The van der Waals surface area contributed by atoms with Crippen molar-refractivity contribution in [3.63, 3.8) is 0 Å². The summed E-state index contributed by atoms with van der Waals surface area (Å²) in [5.41, 5.74) is 5.33. The summed E-state index contributed by atoms with van der Waals surface area (Å²) in [6.07, 6.45) is 1.26. The third-order valence-electron chi connectivity index (χ3n) is 3.96. The minimum atomic E-state index is -0.956. The van der Waals surface area contributed by atoms with Crippen LogP contribution in [0.15, 0.2) is 50.6 Å². The van der Waals surface area contributed by atoms with Crippen LogP contribution in [0.4, 0.5) is 0 Å². The fourth-order valence-corrected chi connectivity index (χ4v) is 2.30. The van der Waals surface area contributed by atoms with Crippen molar-refractivity contribution in [2.75, 3.05) is 46.2 Å². The SMILES string of the molecule is C=CC(=O)OCC(COCC(COCC(C)(C)N)OCC(COC(=O)C=C)OC(=O)C=C)OC(=O)C=C. The summed E-state index contributed by atoms with van der Waals surface area (Å²) in [5.74, 6) is -2.87. The van der Waals surface area contributed by atoms with E-state index >= 15 is 0 Å². The molecule has 0 saturated carbocycles. The number of nitrogens with two attached hydrogens (primary N) is 1. The number of hydrogen-bond donors (Lipinski definition) is 1. The zero-order chi connectivity index (χ0) is 28.3. The average Bonchev–Trinajstić information content (AvgIpc) is 2.86. The lowest BCUT2D eigenvalue weighted by Crippen LogP contribution is -2.40. The molecule has 3 atom stereocenters. The molecule has 0 aromatic heterocycles. The van der Waals surface area contributed by atoms with Crippen molar-refractivity contribution < 1.29 is 52.3 Å². The molecule has 12 heteroatoms. The normalized spacial score (nSPS) is 13.3. The lowest BCUT2D eigenvalue weighted by molar-refractivity contribution is -0.163. The van der Waals surface area contributed by atoms with Gasteiger partial charge in [-0.1, -0.05) is 26.3 Å². The second-order valence-corrected chi connectivity index (χ2v) is 8.19. The molecular formula is C25H37NO11. The Balaban J connectivity index is 5.18. The van der Waals surface area contributed by atoms with E-state index in [-0.39, 0.29) is 46.2 Å². The smallest absolute Gasteiger partial charge is 0.330 e. The van der Waals surface area contributed by atoms with Crippen molar-refractivity contribution in [1.82, 2.24) is 0 Å². The summed E-state index contributed by atoms with van der Waals surface area (Å²) in [4.78, 5) is 46.0. The molecule has 0 saturated heterocycles. The first-order valence-electron chi connectivity index (χ1n) is 11.2. The predicted molar refractivity (Wildman–Crippen MR) is 132 cm³/mol. The first-order chi connectivity index (χ1) is 17.4. The molecule has 12 nitrogen and oxygen atoms in total. The Morgan fingerprint density at radius 3 is 1.49 bits per heavy atom. The Hall–Kier alpha value is -3.32. The maximum Gasteiger partial charge on any atom is 0.330 e. The van der Waals surface area contributed by atoms with Gasteiger partial charge in [-0.2, -0.15) is 0 Å². The number of ether oxygens (including phenoxy) is 7. The van der Waals surface area contributed by atoms with Gasteiger partial charge in [0.2, 0.25) is 0 Å². The first kappa shape index (κ1) is 33.7. The zero-order valence-electron chi connectivity index (χ0n) is 21.4. The Labute approximate surface area is 217 Å². The Morgan fingerprint density at radius 1 is 0.649 bits per heavy atom. The molecule has 0 amide bonds. The number of esters is 4. The molecule has 0 heterocycles. The fraction of sp³-hybridized carbons (Fsp3) is 0.520. The van der Waals surface area contributed by atoms with Gasteiger partial charge in [-0.25, -0.2) is 19.2 Å². The Bertz CT molecular complexity index is 788. The molecule has 0 rings (SSSR count). The first-order valence-corrected chi connectivity index (χ1v) is 11.2. The van der Waals surface area contributed by atoms with Gasteiger partial charge in [0, 0.05) is 29.8 Å². The summed E-state index contributed by atoms with van der Waals surface area (Å²) in [6.45, 7) is 16.1. The maximum atomic E-state index is 11.6. The van der Waals surface area contributed by atoms with Gasteiger partial charge in [-0.05, 0) is 13.8 Å². The van der Waals surface area contributed by atoms with Crippen LogP contribution in [0, 0.1) is 0 Å². The van der Waals surface area contributed by atoms with Gasteiger partial charge in [0.05, 0.1) is 33.0 Å². The Kier molecular flexibility index (Phi) is 17.2. The van der Waals surface area contributed by atoms with E-state index in [1.807, 2.05) is 0 Å². The second-order valence-electron chi connectivity index (χ2n) is 8.19. The summed E-state index contributed by atoms with van der Waals surface area (Å²) < 4.78 is 37.1. The highest BCUT2D eigenvalue weighted by atomic mass is 16.6. The molecule has 0 aliphatic rings. The highest BCUT2D eigenvalue weighted by Gasteiger charge is 2.22. The average molecular weight is 528 g/mol. The molecule has 0 fully saturated rings. The van der Waals surface area contributed by atoms with Crippen molar-refractivity contribution in [3.8, 4) is 0 Å². The van der Waals surface area contributed by atoms with Gasteiger partial charge in [-0.15, -0.1) is 0 Å². The summed E-state index contributed by atoms with van der Waals surface area (Å²) in [5, 5.41) is 0. The van der Waals surface area contributed by atoms with Gasteiger partial charge >= 0.3 is 23.9 Å². The van der Waals surface area contributed by atoms with Crippen LogP contribution in [-0.4, -0.2) is 94.0 Å². The van der Waals surface area contributed by atoms with Crippen LogP contribution in [0.2, 0.25) is 0 Å². The van der Waals surface area contributed by atoms with Gasteiger partial charge in [0.15, 0.2) is 12.2 Å². The van der Waals surface area contributed by atoms with E-state index in [1.54, 1.807) is 13.8 Å². The molecule has 0 aromatic carbocycles. The largest absolute Gasteiger partial charge is 0.458 e. The van der Waals surface area contributed by atoms with E-state index in [4.69, 9.17) is 38.9 Å². The van der Waals surface area contributed by atoms with Crippen LogP contribution in [0.1, 0.15) is 13.8 Å². The standard InChI is InChI=1S/C25H37NO11/c1-7-21(27)34-15-19(36-23(29)9-3)13-31-11-18(12-32-17-25(5,6)26)33-14-20(37-24(30)10-4)16-35-22(28)8-2/h7-10,18-20H,1-4,11-17,26H2,5-6H3. The minimum Gasteiger partial charge on any atom is -0.458 e. The number of carbonyl (C=O) groups excluding carboxylic acids is 4. The third kappa shape index (κ3) is 18.6. The molecule has 3 unspecified atom stereocenters. The minimum absolute atomic E-state index is 0.0394. The van der Waals surface area contributed by atoms with Crippen molar-refractivity contribution in [3.05, 3.63) is 50.6 Å². The number of carbonyl (C=O) groups is 4. The lowest BCUT2D eigenvalue weighted by Gasteiger charge is -2.25.